The van der Waals surface area contributed by atoms with E-state index < -0.39 is 137 Å². The van der Waals surface area contributed by atoms with Crippen LogP contribution in [0.2, 0.25) is 0 Å². The number of hydrogen-bond acceptors (Lipinski definition) is 20. The molecule has 2 heterocycles. The molecule has 0 bridgehead atoms. The number of aldehydes is 1. The molecule has 0 aromatic carbocycles. The number of hydrogen-bond donors (Lipinski definition) is 15. The summed E-state index contributed by atoms with van der Waals surface area (Å²) in [7, 11) is 0. The summed E-state index contributed by atoms with van der Waals surface area (Å²) in [5.74, 6) is 0. The van der Waals surface area contributed by atoms with Crippen LogP contribution in [0, 0.1) is 0 Å². The van der Waals surface area contributed by atoms with E-state index in [1.165, 1.54) is 6.08 Å². The predicted molar refractivity (Wildman–Crippen MR) is 140 cm³/mol. The lowest BCUT2D eigenvalue weighted by Gasteiger charge is -2.48. The normalized spacial score (nSPS) is 43.6. The highest BCUT2D eigenvalue weighted by atomic mass is 16.7. The molecule has 0 unspecified atom stereocenters. The highest BCUT2D eigenvalue weighted by Gasteiger charge is 2.52. The molecule has 0 radical (unpaired) electrons. The lowest BCUT2D eigenvalue weighted by molar-refractivity contribution is -0.362. The van der Waals surface area contributed by atoms with Crippen molar-refractivity contribution in [2.75, 3.05) is 26.4 Å². The highest BCUT2D eigenvalue weighted by Crippen LogP contribution is 2.31. The van der Waals surface area contributed by atoms with Gasteiger partial charge in [-0.3, -0.25) is 0 Å². The van der Waals surface area contributed by atoms with Crippen molar-refractivity contribution < 1.29 is 95.2 Å². The molecule has 1 aliphatic carbocycles. The summed E-state index contributed by atoms with van der Waals surface area (Å²) in [5, 5.41) is 145. The number of aliphatic hydroxyl groups excluding tert-OH is 14. The van der Waals surface area contributed by atoms with Crippen LogP contribution >= 0.6 is 0 Å². The first-order valence-electron chi connectivity index (χ1n) is 14.0. The summed E-state index contributed by atoms with van der Waals surface area (Å²) < 4.78 is 21.8. The largest absolute Gasteiger partial charge is 0.394 e. The fourth-order valence-electron chi connectivity index (χ4n) is 5.39. The second kappa shape index (κ2) is 16.7. The first-order valence-corrected chi connectivity index (χ1v) is 14.0. The fraction of sp³-hybridized carbons (Fsp3) is 0.880. The van der Waals surface area contributed by atoms with E-state index in [2.05, 4.69) is 5.32 Å². The van der Waals surface area contributed by atoms with Crippen LogP contribution in [-0.4, -0.2) is 214 Å². The van der Waals surface area contributed by atoms with Gasteiger partial charge in [0.15, 0.2) is 18.9 Å². The van der Waals surface area contributed by atoms with Crippen molar-refractivity contribution >= 4 is 6.29 Å². The third-order valence-corrected chi connectivity index (χ3v) is 8.06. The molecule has 2 aliphatic heterocycles. The van der Waals surface area contributed by atoms with Gasteiger partial charge in [-0.1, -0.05) is 6.08 Å². The van der Waals surface area contributed by atoms with Crippen molar-refractivity contribution in [1.29, 1.82) is 0 Å². The Hall–Kier alpha value is -1.35. The van der Waals surface area contributed by atoms with Crippen LogP contribution in [0.3, 0.4) is 0 Å². The number of nitrogens with one attached hydrogen (secondary N) is 1. The van der Waals surface area contributed by atoms with E-state index in [1.807, 2.05) is 0 Å². The van der Waals surface area contributed by atoms with Gasteiger partial charge in [0.25, 0.3) is 0 Å². The molecule has 20 heteroatoms. The molecular formula is C25H43NO19. The first kappa shape index (κ1) is 38.1. The Morgan fingerprint density at radius 2 is 1.40 bits per heavy atom. The Morgan fingerprint density at radius 1 is 0.800 bits per heavy atom. The number of rotatable bonds is 14. The highest BCUT2D eigenvalue weighted by molar-refractivity contribution is 5.56. The zero-order chi connectivity index (χ0) is 33.7. The van der Waals surface area contributed by atoms with Crippen LogP contribution < -0.4 is 5.32 Å². The quantitative estimate of drug-likeness (QED) is 0.0606. The van der Waals surface area contributed by atoms with Gasteiger partial charge in [-0.05, 0) is 5.57 Å². The minimum absolute atomic E-state index is 0.0485. The van der Waals surface area contributed by atoms with E-state index in [9.17, 15) is 76.3 Å². The summed E-state index contributed by atoms with van der Waals surface area (Å²) in [6.45, 7) is -3.46. The summed E-state index contributed by atoms with van der Waals surface area (Å²) >= 11 is 0. The minimum Gasteiger partial charge on any atom is -0.394 e. The Labute approximate surface area is 255 Å². The van der Waals surface area contributed by atoms with Crippen LogP contribution in [-0.2, 0) is 23.7 Å². The molecule has 3 aliphatic rings. The molecule has 2 fully saturated rings. The third-order valence-electron chi connectivity index (χ3n) is 8.06. The summed E-state index contributed by atoms with van der Waals surface area (Å²) in [6, 6.07) is -2.55. The molecule has 15 N–H and O–H groups in total. The van der Waals surface area contributed by atoms with E-state index in [-0.39, 0.29) is 11.9 Å². The Kier molecular flexibility index (Phi) is 14.1. The maximum Gasteiger partial charge on any atom is 0.187 e. The molecule has 2 saturated heterocycles. The summed E-state index contributed by atoms with van der Waals surface area (Å²) in [5.41, 5.74) is -0.0485. The van der Waals surface area contributed by atoms with Gasteiger partial charge in [0.1, 0.15) is 85.5 Å². The monoisotopic (exact) mass is 661 g/mol. The van der Waals surface area contributed by atoms with Gasteiger partial charge in [0.2, 0.25) is 0 Å². The van der Waals surface area contributed by atoms with Gasteiger partial charge >= 0.3 is 0 Å². The average Bonchev–Trinajstić information content (AvgIpc) is 3.04. The van der Waals surface area contributed by atoms with Gasteiger partial charge in [-0.15, -0.1) is 0 Å². The van der Waals surface area contributed by atoms with E-state index in [4.69, 9.17) is 18.9 Å². The third kappa shape index (κ3) is 8.21. The minimum atomic E-state index is -2.13. The van der Waals surface area contributed by atoms with Crippen molar-refractivity contribution in [1.82, 2.24) is 5.32 Å². The predicted octanol–water partition coefficient (Wildman–Crippen LogP) is -9.75. The van der Waals surface area contributed by atoms with E-state index in [1.54, 1.807) is 0 Å². The van der Waals surface area contributed by atoms with E-state index >= 15 is 0 Å². The second-order valence-corrected chi connectivity index (χ2v) is 11.0. The van der Waals surface area contributed by atoms with Crippen molar-refractivity contribution in [3.63, 3.8) is 0 Å². The van der Waals surface area contributed by atoms with Gasteiger partial charge in [-0.25, -0.2) is 0 Å². The Bertz CT molecular complexity index is 957. The van der Waals surface area contributed by atoms with Gasteiger partial charge in [0, 0.05) is 0 Å². The standard InChI is InChI=1S/C25H43NO19/c27-2-7-1-8(15(35)18(38)14(7)34)26-13-11(5-30)42-24(20(40)17(13)37)45-23-12(6-31)43-25(21(41)19(23)39)44-22(10(33)4-29)16(36)9(32)3-28/h1,3,8-27,29-41H,2,4-6H2/t8-,9-,10+,11-,12+,13+,14+,15-,16-,17-,18-,19+,20+,21+,22+,23+,24+,25+/m0/s1. The molecule has 20 nitrogen and oxygen atoms in total. The topological polar surface area (TPSA) is 349 Å². The first-order chi connectivity index (χ1) is 21.2. The van der Waals surface area contributed by atoms with Crippen molar-refractivity contribution in [3.05, 3.63) is 11.6 Å². The van der Waals surface area contributed by atoms with Crippen LogP contribution in [0.4, 0.5) is 0 Å². The number of ether oxygens (including phenoxy) is 4. The van der Waals surface area contributed by atoms with Crippen molar-refractivity contribution in [2.45, 2.75) is 110 Å². The molecule has 262 valence electrons. The van der Waals surface area contributed by atoms with Crippen molar-refractivity contribution in [3.8, 4) is 0 Å². The van der Waals surface area contributed by atoms with Crippen molar-refractivity contribution in [2.24, 2.45) is 0 Å². The number of aliphatic hydroxyl groups is 14. The molecule has 0 aromatic rings. The molecule has 3 rings (SSSR count). The Balaban J connectivity index is 1.74. The molecule has 0 aromatic heterocycles. The second-order valence-electron chi connectivity index (χ2n) is 11.0. The Morgan fingerprint density at radius 3 is 1.96 bits per heavy atom. The van der Waals surface area contributed by atoms with Gasteiger partial charge in [-0.2, -0.15) is 0 Å². The van der Waals surface area contributed by atoms with E-state index in [0.29, 0.717) is 0 Å². The molecule has 0 spiro atoms. The van der Waals surface area contributed by atoms with Crippen LogP contribution in [0.1, 0.15) is 0 Å². The smallest absolute Gasteiger partial charge is 0.187 e. The summed E-state index contributed by atoms with van der Waals surface area (Å²) in [4.78, 5) is 10.9. The number of carbonyl (C=O) groups is 1. The fourth-order valence-corrected chi connectivity index (χ4v) is 5.39. The molecule has 0 saturated carbocycles. The van der Waals surface area contributed by atoms with Crippen LogP contribution in [0.25, 0.3) is 0 Å². The maximum absolute atomic E-state index is 10.9. The van der Waals surface area contributed by atoms with Crippen LogP contribution in [0.15, 0.2) is 11.6 Å². The molecule has 45 heavy (non-hydrogen) atoms. The lowest BCUT2D eigenvalue weighted by Crippen LogP contribution is -2.69. The molecular weight excluding hydrogens is 618 g/mol. The van der Waals surface area contributed by atoms with Gasteiger partial charge in [0.05, 0.1) is 38.5 Å². The average molecular weight is 662 g/mol. The SMILES string of the molecule is O=C[C@H](O)[C@H](O)[C@H](O[C@H]1O[C@H](CO)[C@@H](O[C@H]2O[C@@H](CO)[C@@H](N[C@H]3C=C(CO)[C@@H](O)[C@H](O)[C@H]3O)[C@H](O)[C@H]2O)[C@H](O)[C@H]1O)[C@H](O)CO. The lowest BCUT2D eigenvalue weighted by atomic mass is 9.86. The summed E-state index contributed by atoms with van der Waals surface area (Å²) in [6.07, 6.45) is -28.3. The zero-order valence-electron chi connectivity index (χ0n) is 23.7. The number of carbonyl (C=O) groups excluding carboxylic acids is 1. The van der Waals surface area contributed by atoms with Gasteiger partial charge < -0.3 is 101 Å². The maximum atomic E-state index is 10.9. The molecule has 0 amide bonds. The zero-order valence-corrected chi connectivity index (χ0v) is 23.7. The van der Waals surface area contributed by atoms with Crippen LogP contribution in [0.5, 0.6) is 0 Å². The molecule has 18 atom stereocenters. The van der Waals surface area contributed by atoms with E-state index in [0.717, 1.165) is 0 Å².